The molecule has 0 aliphatic rings. The zero-order valence-corrected chi connectivity index (χ0v) is 6.89. The quantitative estimate of drug-likeness (QED) is 0.557. The van der Waals surface area contributed by atoms with Crippen LogP contribution in [0.3, 0.4) is 0 Å². The second-order valence-corrected chi connectivity index (χ2v) is 3.14. The lowest BCUT2D eigenvalue weighted by molar-refractivity contribution is -0.125. The largest absolute Gasteiger partial charge is 0.368 e. The van der Waals surface area contributed by atoms with Crippen LogP contribution in [0.25, 0.3) is 0 Å². The summed E-state index contributed by atoms with van der Waals surface area (Å²) in [5.74, 6) is 0.445. The van der Waals surface area contributed by atoms with Gasteiger partial charge in [-0.2, -0.15) is 0 Å². The van der Waals surface area contributed by atoms with E-state index in [-0.39, 0.29) is 0 Å². The number of hydrogen-bond donors (Lipinski definition) is 0. The molecule has 1 unspecified atom stereocenters. The Bertz CT molecular complexity index is 106. The van der Waals surface area contributed by atoms with Crippen molar-refractivity contribution in [1.82, 2.24) is 0 Å². The van der Waals surface area contributed by atoms with Crippen molar-refractivity contribution in [3.05, 3.63) is 6.92 Å². The summed E-state index contributed by atoms with van der Waals surface area (Å²) in [6.45, 7) is 9.86. The highest BCUT2D eigenvalue weighted by atomic mass is 16.5. The van der Waals surface area contributed by atoms with E-state index in [2.05, 4.69) is 6.92 Å². The molecule has 0 aromatic heterocycles. The zero-order valence-electron chi connectivity index (χ0n) is 6.89. The molecule has 2 heteroatoms. The van der Waals surface area contributed by atoms with Crippen molar-refractivity contribution in [1.29, 1.82) is 0 Å². The van der Waals surface area contributed by atoms with Crippen molar-refractivity contribution in [2.45, 2.75) is 26.4 Å². The predicted octanol–water partition coefficient (Wildman–Crippen LogP) is 1.45. The normalized spacial score (nSPS) is 12.1. The molecule has 0 rings (SSSR count). The van der Waals surface area contributed by atoms with Gasteiger partial charge in [-0.1, -0.05) is 13.8 Å². The molecule has 2 nitrogen and oxygen atoms in total. The van der Waals surface area contributed by atoms with Gasteiger partial charge in [0.1, 0.15) is 5.60 Å². The van der Waals surface area contributed by atoms with Gasteiger partial charge in [-0.3, -0.25) is 0 Å². The van der Waals surface area contributed by atoms with Gasteiger partial charge in [0.05, 0.1) is 6.61 Å². The molecule has 0 saturated heterocycles. The molecule has 0 amide bonds. The Hall–Kier alpha value is -0.370. The molecule has 10 heavy (non-hydrogen) atoms. The third kappa shape index (κ3) is 4.50. The van der Waals surface area contributed by atoms with Gasteiger partial charge in [-0.15, -0.1) is 0 Å². The van der Waals surface area contributed by atoms with E-state index >= 15 is 0 Å². The maximum Gasteiger partial charge on any atom is 0.151 e. The van der Waals surface area contributed by atoms with E-state index in [1.165, 1.54) is 0 Å². The van der Waals surface area contributed by atoms with Crippen molar-refractivity contribution < 1.29 is 9.53 Å². The molecule has 1 atom stereocenters. The fraction of sp³-hybridized carbons (Fsp3) is 0.750. The van der Waals surface area contributed by atoms with E-state index in [9.17, 15) is 4.79 Å². The third-order valence-corrected chi connectivity index (χ3v) is 0.996. The van der Waals surface area contributed by atoms with E-state index in [1.807, 2.05) is 13.8 Å². The summed E-state index contributed by atoms with van der Waals surface area (Å²) in [6, 6.07) is 0. The molecule has 0 bridgehead atoms. The minimum Gasteiger partial charge on any atom is -0.368 e. The Labute approximate surface area is 62.6 Å². The van der Waals surface area contributed by atoms with E-state index < -0.39 is 5.60 Å². The Morgan fingerprint density at radius 1 is 1.70 bits per heavy atom. The first-order valence-electron chi connectivity index (χ1n) is 3.43. The first kappa shape index (κ1) is 9.63. The lowest BCUT2D eigenvalue weighted by atomic mass is 10.1. The number of ether oxygens (including phenoxy) is 1. The Morgan fingerprint density at radius 2 is 2.20 bits per heavy atom. The summed E-state index contributed by atoms with van der Waals surface area (Å²) in [5.41, 5.74) is -0.857. The van der Waals surface area contributed by atoms with Gasteiger partial charge in [0, 0.05) is 0 Å². The summed E-state index contributed by atoms with van der Waals surface area (Å²) in [6.07, 6.45) is 0.718. The van der Waals surface area contributed by atoms with Crippen molar-refractivity contribution in [3.8, 4) is 0 Å². The third-order valence-electron chi connectivity index (χ3n) is 0.996. The lowest BCUT2D eigenvalue weighted by Gasteiger charge is -2.18. The smallest absolute Gasteiger partial charge is 0.151 e. The van der Waals surface area contributed by atoms with Crippen molar-refractivity contribution >= 4 is 6.29 Å². The highest BCUT2D eigenvalue weighted by molar-refractivity contribution is 5.62. The van der Waals surface area contributed by atoms with Gasteiger partial charge in [0.25, 0.3) is 0 Å². The topological polar surface area (TPSA) is 26.3 Å². The average molecular weight is 143 g/mol. The molecule has 0 aromatic rings. The van der Waals surface area contributed by atoms with Crippen LogP contribution in [0.4, 0.5) is 0 Å². The van der Waals surface area contributed by atoms with Crippen LogP contribution in [-0.2, 0) is 9.53 Å². The van der Waals surface area contributed by atoms with Crippen LogP contribution in [0.5, 0.6) is 0 Å². The molecule has 0 aromatic carbocycles. The Balaban J connectivity index is 3.56. The number of carbonyl (C=O) groups excluding carboxylic acids is 1. The fourth-order valence-corrected chi connectivity index (χ4v) is 0.391. The standard InChI is InChI=1S/C8H15O2/c1-7(2)5-10-8(3,4)6-9/h6-7H,3,5H2,1-2,4H3. The van der Waals surface area contributed by atoms with Crippen molar-refractivity contribution in [3.63, 3.8) is 0 Å². The van der Waals surface area contributed by atoms with E-state index in [0.717, 1.165) is 6.29 Å². The Kier molecular flexibility index (Phi) is 3.58. The number of carbonyl (C=O) groups is 1. The van der Waals surface area contributed by atoms with Crippen molar-refractivity contribution in [2.75, 3.05) is 6.61 Å². The molecule has 0 fully saturated rings. The van der Waals surface area contributed by atoms with Crippen LogP contribution >= 0.6 is 0 Å². The second kappa shape index (κ2) is 3.71. The maximum absolute atomic E-state index is 10.3. The zero-order chi connectivity index (χ0) is 8.20. The van der Waals surface area contributed by atoms with Crippen LogP contribution in [0.15, 0.2) is 0 Å². The summed E-state index contributed by atoms with van der Waals surface area (Å²) in [7, 11) is 0. The molecule has 59 valence electrons. The summed E-state index contributed by atoms with van der Waals surface area (Å²) < 4.78 is 5.16. The molecule has 0 spiro atoms. The maximum atomic E-state index is 10.3. The van der Waals surface area contributed by atoms with Crippen LogP contribution in [0.1, 0.15) is 20.8 Å². The van der Waals surface area contributed by atoms with Gasteiger partial charge in [-0.25, -0.2) is 0 Å². The Morgan fingerprint density at radius 3 is 2.50 bits per heavy atom. The SMILES string of the molecule is [CH2]C(C)(C=O)OCC(C)C. The molecule has 0 aliphatic heterocycles. The molecule has 0 aliphatic carbocycles. The molecule has 0 heterocycles. The van der Waals surface area contributed by atoms with E-state index in [1.54, 1.807) is 6.92 Å². The van der Waals surface area contributed by atoms with Gasteiger partial charge in [0.2, 0.25) is 0 Å². The van der Waals surface area contributed by atoms with Gasteiger partial charge >= 0.3 is 0 Å². The monoisotopic (exact) mass is 143 g/mol. The predicted molar refractivity (Wildman–Crippen MR) is 40.6 cm³/mol. The van der Waals surface area contributed by atoms with Crippen LogP contribution in [0, 0.1) is 12.8 Å². The summed E-state index contributed by atoms with van der Waals surface area (Å²) in [4.78, 5) is 10.3. The molecular formula is C8H15O2. The number of rotatable bonds is 4. The molecule has 1 radical (unpaired) electrons. The van der Waals surface area contributed by atoms with E-state index in [4.69, 9.17) is 4.74 Å². The number of hydrogen-bond acceptors (Lipinski definition) is 2. The lowest BCUT2D eigenvalue weighted by Crippen LogP contribution is -2.28. The highest BCUT2D eigenvalue weighted by Gasteiger charge is 2.16. The van der Waals surface area contributed by atoms with Crippen molar-refractivity contribution in [2.24, 2.45) is 5.92 Å². The van der Waals surface area contributed by atoms with Gasteiger partial charge in [0.15, 0.2) is 6.29 Å². The van der Waals surface area contributed by atoms with E-state index in [0.29, 0.717) is 12.5 Å². The van der Waals surface area contributed by atoms with Crippen LogP contribution < -0.4 is 0 Å². The minimum absolute atomic E-state index is 0.445. The second-order valence-electron chi connectivity index (χ2n) is 3.14. The average Bonchev–Trinajstić information content (AvgIpc) is 1.85. The minimum atomic E-state index is -0.857. The molecule has 0 saturated carbocycles. The number of aldehydes is 1. The van der Waals surface area contributed by atoms with Crippen LogP contribution in [0.2, 0.25) is 0 Å². The van der Waals surface area contributed by atoms with Gasteiger partial charge in [-0.05, 0) is 19.8 Å². The first-order chi connectivity index (χ1) is 4.48. The van der Waals surface area contributed by atoms with Crippen LogP contribution in [-0.4, -0.2) is 18.5 Å². The fourth-order valence-electron chi connectivity index (χ4n) is 0.391. The first-order valence-corrected chi connectivity index (χ1v) is 3.43. The van der Waals surface area contributed by atoms with Gasteiger partial charge < -0.3 is 9.53 Å². The molecule has 0 N–H and O–H groups in total. The highest BCUT2D eigenvalue weighted by Crippen LogP contribution is 2.06. The molecular weight excluding hydrogens is 128 g/mol. The summed E-state index contributed by atoms with van der Waals surface area (Å²) in [5, 5.41) is 0. The summed E-state index contributed by atoms with van der Waals surface area (Å²) >= 11 is 0.